The van der Waals surface area contributed by atoms with Crippen LogP contribution in [0.2, 0.25) is 0 Å². The molecule has 4 unspecified atom stereocenters. The van der Waals surface area contributed by atoms with Crippen molar-refractivity contribution in [2.45, 2.75) is 114 Å². The van der Waals surface area contributed by atoms with Crippen LogP contribution in [0.1, 0.15) is 114 Å². The first-order valence-electron chi connectivity index (χ1n) is 8.66. The van der Waals surface area contributed by atoms with E-state index in [1.807, 2.05) is 20.8 Å². The number of carbonyl (C=O) groups excluding carboxylic acids is 4. The Morgan fingerprint density at radius 1 is 0.912 bits per heavy atom. The molecular formula is C26H62N2O6. The summed E-state index contributed by atoms with van der Waals surface area (Å²) in [6.45, 7) is 10.9. The lowest BCUT2D eigenvalue weighted by Crippen LogP contribution is -2.42. The maximum Gasteiger partial charge on any atom is 0.328 e. The standard InChI is InChI=1S/C18H30N2O6.8CH4/c1-9(13(19)21)10(15(23)26-20)8-18(5,6)12-11(7-17(2,3)4)14(22)25-16(12)24;;;;;;;;/h9-12H,7-8,20H2,1-6H3,(H2,19,21);8*1H4. The smallest absolute Gasteiger partial charge is 0.328 e. The third-order valence-electron chi connectivity index (χ3n) is 5.05. The van der Waals surface area contributed by atoms with E-state index in [2.05, 4.69) is 4.84 Å². The molecule has 0 saturated carbocycles. The molecule has 1 saturated heterocycles. The Balaban J connectivity index is -0.000000141. The van der Waals surface area contributed by atoms with E-state index in [1.165, 1.54) is 6.92 Å². The van der Waals surface area contributed by atoms with Crippen molar-refractivity contribution < 1.29 is 28.8 Å². The molecule has 8 heteroatoms. The fourth-order valence-corrected chi connectivity index (χ4v) is 3.71. The minimum absolute atomic E-state index is 0. The summed E-state index contributed by atoms with van der Waals surface area (Å²) in [7, 11) is 0. The predicted octanol–water partition coefficient (Wildman–Crippen LogP) is 6.40. The molecule has 0 aromatic carbocycles. The highest BCUT2D eigenvalue weighted by Crippen LogP contribution is 2.47. The summed E-state index contributed by atoms with van der Waals surface area (Å²) in [5, 5.41) is 0. The van der Waals surface area contributed by atoms with Gasteiger partial charge in [-0.05, 0) is 23.7 Å². The summed E-state index contributed by atoms with van der Waals surface area (Å²) in [5.74, 6) is -0.730. The Morgan fingerprint density at radius 2 is 1.32 bits per heavy atom. The van der Waals surface area contributed by atoms with E-state index in [9.17, 15) is 19.2 Å². The number of hydrogen-bond donors (Lipinski definition) is 2. The van der Waals surface area contributed by atoms with Gasteiger partial charge in [0.2, 0.25) is 5.91 Å². The second-order valence-corrected chi connectivity index (χ2v) is 9.02. The summed E-state index contributed by atoms with van der Waals surface area (Å²) in [6, 6.07) is 0. The van der Waals surface area contributed by atoms with Crippen molar-refractivity contribution in [3.63, 3.8) is 0 Å². The highest BCUT2D eigenvalue weighted by atomic mass is 16.7. The van der Waals surface area contributed by atoms with Crippen LogP contribution in [0, 0.1) is 34.5 Å². The topological polar surface area (TPSA) is 139 Å². The van der Waals surface area contributed by atoms with Gasteiger partial charge in [0.1, 0.15) is 0 Å². The number of hydrogen-bond acceptors (Lipinski definition) is 7. The molecule has 4 atom stereocenters. The van der Waals surface area contributed by atoms with Gasteiger partial charge in [-0.3, -0.25) is 19.2 Å². The number of esters is 2. The average molecular weight is 499 g/mol. The minimum atomic E-state index is -0.925. The van der Waals surface area contributed by atoms with Gasteiger partial charge in [-0.15, -0.1) is 0 Å². The summed E-state index contributed by atoms with van der Waals surface area (Å²) in [4.78, 5) is 52.5. The van der Waals surface area contributed by atoms with E-state index in [-0.39, 0.29) is 71.2 Å². The number of carbonyl (C=O) groups is 4. The van der Waals surface area contributed by atoms with Crippen molar-refractivity contribution in [2.75, 3.05) is 0 Å². The third kappa shape index (κ3) is 13.1. The van der Waals surface area contributed by atoms with Crippen molar-refractivity contribution in [1.82, 2.24) is 0 Å². The van der Waals surface area contributed by atoms with Gasteiger partial charge in [0.05, 0.1) is 17.8 Å². The van der Waals surface area contributed by atoms with E-state index in [0.717, 1.165) is 0 Å². The Bertz CT molecular complexity index is 597. The molecule has 1 aliphatic rings. The van der Waals surface area contributed by atoms with Crippen LogP contribution < -0.4 is 11.6 Å². The van der Waals surface area contributed by atoms with Crippen LogP contribution >= 0.6 is 0 Å². The summed E-state index contributed by atoms with van der Waals surface area (Å²) in [5.41, 5.74) is 4.31. The Labute approximate surface area is 212 Å². The fourth-order valence-electron chi connectivity index (χ4n) is 3.71. The van der Waals surface area contributed by atoms with Gasteiger partial charge in [-0.25, -0.2) is 0 Å². The van der Waals surface area contributed by atoms with E-state index < -0.39 is 52.9 Å². The van der Waals surface area contributed by atoms with Crippen molar-refractivity contribution in [2.24, 2.45) is 46.1 Å². The molecule has 8 nitrogen and oxygen atoms in total. The largest absolute Gasteiger partial charge is 0.393 e. The number of nitrogens with two attached hydrogens (primary N) is 2. The first-order chi connectivity index (χ1) is 11.7. The molecule has 0 bridgehead atoms. The molecule has 212 valence electrons. The minimum Gasteiger partial charge on any atom is -0.393 e. The molecule has 0 spiro atoms. The van der Waals surface area contributed by atoms with E-state index in [1.54, 1.807) is 13.8 Å². The van der Waals surface area contributed by atoms with Gasteiger partial charge in [0.25, 0.3) is 0 Å². The van der Waals surface area contributed by atoms with Gasteiger partial charge < -0.3 is 15.3 Å². The Kier molecular flexibility index (Phi) is 30.4. The van der Waals surface area contributed by atoms with Crippen LogP contribution in [0.15, 0.2) is 0 Å². The lowest BCUT2D eigenvalue weighted by Gasteiger charge is -2.36. The van der Waals surface area contributed by atoms with E-state index >= 15 is 0 Å². The zero-order chi connectivity index (χ0) is 20.4. The monoisotopic (exact) mass is 498 g/mol. The maximum atomic E-state index is 12.4. The van der Waals surface area contributed by atoms with Gasteiger partial charge in [-0.1, -0.05) is 101 Å². The molecule has 1 aliphatic heterocycles. The fraction of sp³-hybridized carbons (Fsp3) is 0.846. The lowest BCUT2D eigenvalue weighted by atomic mass is 9.64. The molecule has 1 fully saturated rings. The predicted molar refractivity (Wildman–Crippen MR) is 147 cm³/mol. The average Bonchev–Trinajstić information content (AvgIpc) is 2.75. The maximum absolute atomic E-state index is 12.4. The first kappa shape index (κ1) is 53.4. The Hall–Kier alpha value is -1.96. The molecule has 1 rings (SSSR count). The molecule has 34 heavy (non-hydrogen) atoms. The molecule has 0 aromatic rings. The lowest BCUT2D eigenvalue weighted by molar-refractivity contribution is -0.157. The van der Waals surface area contributed by atoms with Crippen molar-refractivity contribution in [1.29, 1.82) is 0 Å². The van der Waals surface area contributed by atoms with Crippen molar-refractivity contribution >= 4 is 23.8 Å². The normalized spacial score (nSPS) is 17.9. The zero-order valence-electron chi connectivity index (χ0n) is 16.3. The van der Waals surface area contributed by atoms with Crippen LogP contribution in [0.25, 0.3) is 0 Å². The summed E-state index contributed by atoms with van der Waals surface area (Å²) in [6.07, 6.45) is 0.559. The quantitative estimate of drug-likeness (QED) is 0.235. The van der Waals surface area contributed by atoms with Crippen molar-refractivity contribution in [3.8, 4) is 0 Å². The van der Waals surface area contributed by atoms with Gasteiger partial charge in [0, 0.05) is 5.92 Å². The SMILES string of the molecule is C.C.C.C.C.C.C.C.CC(C(N)=O)C(CC(C)(C)C1C(=O)OC(=O)C1CC(C)(C)C)C(=O)ON. The first-order valence-corrected chi connectivity index (χ1v) is 8.66. The number of rotatable bonds is 7. The van der Waals surface area contributed by atoms with Gasteiger partial charge in [0.15, 0.2) is 0 Å². The van der Waals surface area contributed by atoms with Crippen molar-refractivity contribution in [3.05, 3.63) is 0 Å². The molecule has 0 aliphatic carbocycles. The molecule has 0 aromatic heterocycles. The third-order valence-corrected chi connectivity index (χ3v) is 5.05. The second kappa shape index (κ2) is 19.4. The molecule has 4 N–H and O–H groups in total. The molecule has 0 radical (unpaired) electrons. The van der Waals surface area contributed by atoms with Gasteiger partial charge in [-0.2, -0.15) is 5.90 Å². The van der Waals surface area contributed by atoms with Crippen LogP contribution in [0.5, 0.6) is 0 Å². The number of ether oxygens (including phenoxy) is 1. The van der Waals surface area contributed by atoms with Crippen LogP contribution in [0.4, 0.5) is 0 Å². The van der Waals surface area contributed by atoms with Gasteiger partial charge >= 0.3 is 17.9 Å². The summed E-state index contributed by atoms with van der Waals surface area (Å²) >= 11 is 0. The van der Waals surface area contributed by atoms with Crippen LogP contribution in [0.3, 0.4) is 0 Å². The number of primary amides is 1. The molecule has 1 heterocycles. The summed E-state index contributed by atoms with van der Waals surface area (Å²) < 4.78 is 4.88. The highest BCUT2D eigenvalue weighted by Gasteiger charge is 2.54. The highest BCUT2D eigenvalue weighted by molar-refractivity contribution is 5.97. The van der Waals surface area contributed by atoms with E-state index in [0.29, 0.717) is 6.42 Å². The molecule has 1 amide bonds. The molecular weight excluding hydrogens is 436 g/mol. The van der Waals surface area contributed by atoms with Crippen LogP contribution in [-0.2, 0) is 28.8 Å². The Morgan fingerprint density at radius 3 is 1.65 bits per heavy atom. The number of amides is 1. The number of cyclic esters (lactones) is 2. The van der Waals surface area contributed by atoms with E-state index in [4.69, 9.17) is 16.4 Å². The second-order valence-electron chi connectivity index (χ2n) is 9.02. The zero-order valence-corrected chi connectivity index (χ0v) is 16.3. The van der Waals surface area contributed by atoms with Crippen LogP contribution in [-0.4, -0.2) is 23.8 Å².